The molecule has 7 heteroatoms. The molecule has 130 valence electrons. The van der Waals surface area contributed by atoms with E-state index in [1.165, 1.54) is 6.07 Å². The molecule has 1 aromatic rings. The van der Waals surface area contributed by atoms with Crippen LogP contribution in [0, 0.1) is 0 Å². The lowest BCUT2D eigenvalue weighted by Crippen LogP contribution is -2.53. The predicted molar refractivity (Wildman–Crippen MR) is 87.8 cm³/mol. The molecule has 2 aliphatic heterocycles. The standard InChI is InChI=1S/C17H23N3O4/c21-15-4-2-1-3-14(15)17(23)20-7-5-19(6-8-20)16(22)13-18-9-11-24-12-10-18/h1-4,21H,5-13H2. The van der Waals surface area contributed by atoms with E-state index in [0.717, 1.165) is 13.1 Å². The van der Waals surface area contributed by atoms with Crippen molar-refractivity contribution in [3.63, 3.8) is 0 Å². The van der Waals surface area contributed by atoms with E-state index in [0.29, 0.717) is 51.5 Å². The number of hydrogen-bond donors (Lipinski definition) is 1. The molecular formula is C17H23N3O4. The number of benzene rings is 1. The van der Waals surface area contributed by atoms with Crippen LogP contribution in [0.15, 0.2) is 24.3 Å². The highest BCUT2D eigenvalue weighted by Crippen LogP contribution is 2.18. The van der Waals surface area contributed by atoms with Crippen molar-refractivity contribution in [1.29, 1.82) is 0 Å². The van der Waals surface area contributed by atoms with Gasteiger partial charge in [-0.2, -0.15) is 0 Å². The van der Waals surface area contributed by atoms with Crippen molar-refractivity contribution in [2.75, 3.05) is 59.0 Å². The summed E-state index contributed by atoms with van der Waals surface area (Å²) in [6.45, 7) is 5.38. The van der Waals surface area contributed by atoms with Gasteiger partial charge in [0.05, 0.1) is 25.3 Å². The molecule has 0 aliphatic carbocycles. The van der Waals surface area contributed by atoms with E-state index in [1.807, 2.05) is 4.90 Å². The third kappa shape index (κ3) is 3.85. The summed E-state index contributed by atoms with van der Waals surface area (Å²) in [5.74, 6) is -0.0896. The zero-order valence-corrected chi connectivity index (χ0v) is 13.7. The van der Waals surface area contributed by atoms with E-state index in [9.17, 15) is 14.7 Å². The van der Waals surface area contributed by atoms with Gasteiger partial charge in [0.25, 0.3) is 5.91 Å². The Morgan fingerprint density at radius 2 is 1.58 bits per heavy atom. The maximum atomic E-state index is 12.5. The third-order valence-electron chi connectivity index (χ3n) is 4.52. The average Bonchev–Trinajstić information content (AvgIpc) is 2.62. The Morgan fingerprint density at radius 1 is 0.958 bits per heavy atom. The Balaban J connectivity index is 1.51. The first-order valence-corrected chi connectivity index (χ1v) is 8.30. The topological polar surface area (TPSA) is 73.3 Å². The van der Waals surface area contributed by atoms with Crippen LogP contribution in [0.4, 0.5) is 0 Å². The highest BCUT2D eigenvalue weighted by Gasteiger charge is 2.27. The molecule has 24 heavy (non-hydrogen) atoms. The number of ether oxygens (including phenoxy) is 1. The molecule has 0 spiro atoms. The van der Waals surface area contributed by atoms with E-state index >= 15 is 0 Å². The number of piperazine rings is 1. The lowest BCUT2D eigenvalue weighted by molar-refractivity contribution is -0.134. The van der Waals surface area contributed by atoms with Crippen LogP contribution >= 0.6 is 0 Å². The molecule has 7 nitrogen and oxygen atoms in total. The van der Waals surface area contributed by atoms with Crippen LogP contribution in [0.1, 0.15) is 10.4 Å². The van der Waals surface area contributed by atoms with Crippen molar-refractivity contribution in [3.8, 4) is 5.75 Å². The normalized spacial score (nSPS) is 19.3. The molecule has 0 aromatic heterocycles. The van der Waals surface area contributed by atoms with Crippen molar-refractivity contribution in [1.82, 2.24) is 14.7 Å². The number of phenolic OH excluding ortho intramolecular Hbond substituents is 1. The molecule has 3 rings (SSSR count). The lowest BCUT2D eigenvalue weighted by Gasteiger charge is -2.36. The van der Waals surface area contributed by atoms with Crippen molar-refractivity contribution < 1.29 is 19.4 Å². The summed E-state index contributed by atoms with van der Waals surface area (Å²) in [4.78, 5) is 30.4. The minimum atomic E-state index is -0.187. The Bertz CT molecular complexity index is 593. The van der Waals surface area contributed by atoms with Crippen LogP contribution < -0.4 is 0 Å². The highest BCUT2D eigenvalue weighted by atomic mass is 16.5. The fourth-order valence-corrected chi connectivity index (χ4v) is 3.03. The van der Waals surface area contributed by atoms with Crippen LogP contribution in [-0.4, -0.2) is 90.6 Å². The van der Waals surface area contributed by atoms with Gasteiger partial charge in [-0.15, -0.1) is 0 Å². The number of hydrogen-bond acceptors (Lipinski definition) is 5. The number of nitrogens with zero attached hydrogens (tertiary/aromatic N) is 3. The Kier molecular flexibility index (Phi) is 5.32. The molecule has 0 radical (unpaired) electrons. The minimum Gasteiger partial charge on any atom is -0.507 e. The maximum Gasteiger partial charge on any atom is 0.257 e. The van der Waals surface area contributed by atoms with Gasteiger partial charge in [0.1, 0.15) is 5.75 Å². The molecule has 2 fully saturated rings. The number of amides is 2. The molecule has 2 amide bonds. The van der Waals surface area contributed by atoms with Crippen LogP contribution in [0.5, 0.6) is 5.75 Å². The van der Waals surface area contributed by atoms with E-state index < -0.39 is 0 Å². The van der Waals surface area contributed by atoms with Crippen molar-refractivity contribution >= 4 is 11.8 Å². The van der Waals surface area contributed by atoms with Crippen LogP contribution in [0.3, 0.4) is 0 Å². The Morgan fingerprint density at radius 3 is 2.25 bits per heavy atom. The second-order valence-corrected chi connectivity index (χ2v) is 6.08. The van der Waals surface area contributed by atoms with Crippen LogP contribution in [-0.2, 0) is 9.53 Å². The van der Waals surface area contributed by atoms with Gasteiger partial charge in [-0.1, -0.05) is 12.1 Å². The van der Waals surface area contributed by atoms with Crippen LogP contribution in [0.25, 0.3) is 0 Å². The second-order valence-electron chi connectivity index (χ2n) is 6.08. The number of carbonyl (C=O) groups is 2. The van der Waals surface area contributed by atoms with Crippen LogP contribution in [0.2, 0.25) is 0 Å². The Hall–Kier alpha value is -2.12. The van der Waals surface area contributed by atoms with Gasteiger partial charge in [-0.3, -0.25) is 14.5 Å². The average molecular weight is 333 g/mol. The number of phenols is 1. The fraction of sp³-hybridized carbons (Fsp3) is 0.529. The third-order valence-corrected chi connectivity index (χ3v) is 4.52. The number of rotatable bonds is 3. The summed E-state index contributed by atoms with van der Waals surface area (Å²) in [6, 6.07) is 6.55. The van der Waals surface area contributed by atoms with Crippen molar-refractivity contribution in [2.24, 2.45) is 0 Å². The van der Waals surface area contributed by atoms with Gasteiger partial charge in [0.2, 0.25) is 5.91 Å². The molecule has 2 aliphatic rings. The SMILES string of the molecule is O=C(CN1CCOCC1)N1CCN(C(=O)c2ccccc2O)CC1. The molecule has 0 saturated carbocycles. The van der Waals surface area contributed by atoms with E-state index in [1.54, 1.807) is 23.1 Å². The summed E-state index contributed by atoms with van der Waals surface area (Å²) in [5, 5.41) is 9.81. The summed E-state index contributed by atoms with van der Waals surface area (Å²) in [7, 11) is 0. The first-order valence-electron chi connectivity index (χ1n) is 8.30. The van der Waals surface area contributed by atoms with E-state index in [2.05, 4.69) is 4.90 Å². The molecule has 2 saturated heterocycles. The summed E-state index contributed by atoms with van der Waals surface area (Å²) < 4.78 is 5.29. The second kappa shape index (κ2) is 7.63. The monoisotopic (exact) mass is 333 g/mol. The largest absolute Gasteiger partial charge is 0.507 e. The smallest absolute Gasteiger partial charge is 0.257 e. The molecule has 2 heterocycles. The summed E-state index contributed by atoms with van der Waals surface area (Å²) in [5.41, 5.74) is 0.311. The number of aromatic hydroxyl groups is 1. The number of carbonyl (C=O) groups excluding carboxylic acids is 2. The molecule has 1 N–H and O–H groups in total. The first-order chi connectivity index (χ1) is 11.6. The van der Waals surface area contributed by atoms with Gasteiger partial charge < -0.3 is 19.6 Å². The fourth-order valence-electron chi connectivity index (χ4n) is 3.03. The summed E-state index contributed by atoms with van der Waals surface area (Å²) in [6.07, 6.45) is 0. The molecular weight excluding hydrogens is 310 g/mol. The predicted octanol–water partition coefficient (Wildman–Crippen LogP) is 0.00880. The first kappa shape index (κ1) is 16.7. The zero-order chi connectivity index (χ0) is 16.9. The van der Waals surface area contributed by atoms with Gasteiger partial charge in [0, 0.05) is 39.3 Å². The molecule has 0 atom stereocenters. The van der Waals surface area contributed by atoms with Gasteiger partial charge >= 0.3 is 0 Å². The van der Waals surface area contributed by atoms with Crippen molar-refractivity contribution in [3.05, 3.63) is 29.8 Å². The van der Waals surface area contributed by atoms with Gasteiger partial charge in [-0.25, -0.2) is 0 Å². The summed E-state index contributed by atoms with van der Waals surface area (Å²) >= 11 is 0. The minimum absolute atomic E-state index is 0.00618. The van der Waals surface area contributed by atoms with Gasteiger partial charge in [-0.05, 0) is 12.1 Å². The quantitative estimate of drug-likeness (QED) is 0.843. The molecule has 0 unspecified atom stereocenters. The highest BCUT2D eigenvalue weighted by molar-refractivity contribution is 5.97. The van der Waals surface area contributed by atoms with E-state index in [4.69, 9.17) is 4.74 Å². The Labute approximate surface area is 141 Å². The number of para-hydroxylation sites is 1. The van der Waals surface area contributed by atoms with Crippen molar-refractivity contribution in [2.45, 2.75) is 0 Å². The lowest BCUT2D eigenvalue weighted by atomic mass is 10.1. The van der Waals surface area contributed by atoms with Gasteiger partial charge in [0.15, 0.2) is 0 Å². The van der Waals surface area contributed by atoms with E-state index in [-0.39, 0.29) is 17.6 Å². The number of morpholine rings is 1. The molecule has 1 aromatic carbocycles. The maximum absolute atomic E-state index is 12.5. The molecule has 0 bridgehead atoms. The zero-order valence-electron chi connectivity index (χ0n) is 13.7.